The van der Waals surface area contributed by atoms with Gasteiger partial charge in [0.1, 0.15) is 17.8 Å². The molecule has 83 heavy (non-hydrogen) atoms. The van der Waals surface area contributed by atoms with Crippen LogP contribution in [0.2, 0.25) is 0 Å². The minimum atomic E-state index is 0. The molecule has 0 radical (unpaired) electrons. The first-order valence-electron chi connectivity index (χ1n) is 26.5. The molecule has 0 aliphatic carbocycles. The second-order valence-corrected chi connectivity index (χ2v) is 18.5. The molecule has 11 heteroatoms. The van der Waals surface area contributed by atoms with E-state index in [1.54, 1.807) is 43.1 Å². The fourth-order valence-electron chi connectivity index (χ4n) is 8.22. The summed E-state index contributed by atoms with van der Waals surface area (Å²) in [4.78, 5) is 34.6. The van der Waals surface area contributed by atoms with Crippen molar-refractivity contribution in [1.82, 2.24) is 19.9 Å². The van der Waals surface area contributed by atoms with Gasteiger partial charge in [-0.3, -0.25) is 20.0 Å². The Bertz CT molecular complexity index is 3120. The van der Waals surface area contributed by atoms with Gasteiger partial charge >= 0.3 is 0 Å². The number of aryl methyl sites for hydroxylation is 5. The summed E-state index contributed by atoms with van der Waals surface area (Å²) in [6, 6.07) is 75.2. The van der Waals surface area contributed by atoms with Gasteiger partial charge in [0.25, 0.3) is 0 Å². The van der Waals surface area contributed by atoms with Crippen molar-refractivity contribution in [3.8, 4) is 50.8 Å². The molecule has 2 aliphatic heterocycles. The summed E-state index contributed by atoms with van der Waals surface area (Å²) in [6.45, 7) is 12.2. The van der Waals surface area contributed by atoms with E-state index >= 15 is 0 Å². The van der Waals surface area contributed by atoms with Crippen LogP contribution < -0.4 is 0 Å². The van der Waals surface area contributed by atoms with E-state index < -0.39 is 0 Å². The summed E-state index contributed by atoms with van der Waals surface area (Å²) < 4.78 is 0. The van der Waals surface area contributed by atoms with E-state index in [4.69, 9.17) is 0 Å². The van der Waals surface area contributed by atoms with E-state index in [1.165, 1.54) is 16.7 Å². The van der Waals surface area contributed by atoms with Crippen molar-refractivity contribution >= 4 is 35.7 Å². The zero-order valence-corrected chi connectivity index (χ0v) is 52.0. The number of phenolic OH excluding ortho intramolecular Hbond substituents is 1. The molecule has 1 N–H and O–H groups in total. The molecule has 0 bridgehead atoms. The summed E-state index contributed by atoms with van der Waals surface area (Å²) in [5.74, 6) is 0.287. The van der Waals surface area contributed by atoms with Gasteiger partial charge in [0.15, 0.2) is 0 Å². The molecule has 0 fully saturated rings. The molecular weight excluding hydrogens is 1380 g/mol. The maximum absolute atomic E-state index is 9.48. The van der Waals surface area contributed by atoms with E-state index in [9.17, 15) is 5.11 Å². The molecule has 2 atom stereocenters. The maximum Gasteiger partial charge on any atom is 0.116 e. The van der Waals surface area contributed by atoms with Crippen LogP contribution in [-0.2, 0) is 40.2 Å². The molecule has 9 nitrogen and oxygen atoms in total. The number of hydrogen-bond acceptors (Lipinski definition) is 9. The Morgan fingerprint density at radius 3 is 1.12 bits per heavy atom. The predicted molar refractivity (Wildman–Crippen MR) is 336 cm³/mol. The zero-order chi connectivity index (χ0) is 56.9. The van der Waals surface area contributed by atoms with E-state index in [0.29, 0.717) is 0 Å². The molecule has 426 valence electrons. The van der Waals surface area contributed by atoms with Crippen LogP contribution in [0.4, 0.5) is 11.4 Å². The van der Waals surface area contributed by atoms with Gasteiger partial charge in [0.2, 0.25) is 0 Å². The molecule has 6 aromatic carbocycles. The molecule has 0 spiro atoms. The molecule has 4 aromatic heterocycles. The van der Waals surface area contributed by atoms with Gasteiger partial charge < -0.3 is 65.3 Å². The second-order valence-electron chi connectivity index (χ2n) is 18.5. The van der Waals surface area contributed by atoms with Crippen molar-refractivity contribution in [2.75, 3.05) is 0 Å². The quantitative estimate of drug-likeness (QED) is 0.120. The van der Waals surface area contributed by atoms with Gasteiger partial charge in [-0.15, -0.1) is 144 Å². The standard InChI is InChI=1S/C14H16N2O.C14H16N2.4C11H8N.2Ir/c1-9-7-12(17)8-10(2)14(9)16-11(3)13-5-4-6-15-13;1-10-7-11(2)14(12(3)8-10)16-9-13-5-4-6-15-13;4*1-2-6-10(7-3-1)11-8-4-5-9-12-11;;/h4-8,13,17H,1-3H3;4-9,13H,1-3H3;4*1-6,8-9H;;/q;;4*-1;2*-3. The molecular formula is C72H64Ir2N8O-10. The molecule has 6 heterocycles. The Morgan fingerprint density at radius 2 is 0.807 bits per heavy atom. The number of aromatic nitrogens is 4. The summed E-state index contributed by atoms with van der Waals surface area (Å²) in [5, 5.41) is 9.48. The molecule has 0 saturated carbocycles. The van der Waals surface area contributed by atoms with E-state index in [0.717, 1.165) is 73.2 Å². The monoisotopic (exact) mass is 1440 g/mol. The van der Waals surface area contributed by atoms with Crippen LogP contribution in [-0.4, -0.2) is 61.5 Å². The first-order chi connectivity index (χ1) is 39.6. The van der Waals surface area contributed by atoms with Crippen LogP contribution in [0.15, 0.2) is 263 Å². The molecule has 10 aromatic rings. The fourth-order valence-corrected chi connectivity index (χ4v) is 8.22. The van der Waals surface area contributed by atoms with Gasteiger partial charge in [0.05, 0.1) is 11.4 Å². The third-order valence-corrected chi connectivity index (χ3v) is 12.1. The van der Waals surface area contributed by atoms with Crippen molar-refractivity contribution in [2.24, 2.45) is 20.0 Å². The minimum absolute atomic E-state index is 0. The van der Waals surface area contributed by atoms with Gasteiger partial charge in [-0.05, 0) is 135 Å². The van der Waals surface area contributed by atoms with Gasteiger partial charge in [0, 0.05) is 49.1 Å². The van der Waals surface area contributed by atoms with Crippen LogP contribution in [0.1, 0.15) is 34.7 Å². The van der Waals surface area contributed by atoms with Crippen molar-refractivity contribution in [2.45, 2.75) is 53.6 Å². The summed E-state index contributed by atoms with van der Waals surface area (Å²) in [7, 11) is 0. The van der Waals surface area contributed by atoms with Crippen LogP contribution in [0, 0.1) is 58.9 Å². The van der Waals surface area contributed by atoms with Crippen LogP contribution >= 0.6 is 0 Å². The summed E-state index contributed by atoms with van der Waals surface area (Å²) in [6.07, 6.45) is 20.6. The zero-order valence-electron chi connectivity index (χ0n) is 47.2. The van der Waals surface area contributed by atoms with Crippen molar-refractivity contribution < 1.29 is 45.3 Å². The predicted octanol–water partition coefficient (Wildman–Crippen LogP) is 16.6. The second kappa shape index (κ2) is 35.8. The molecule has 2 aliphatic rings. The fraction of sp³-hybridized carbons (Fsp3) is 0.111. The smallest absolute Gasteiger partial charge is 0.116 e. The SMILES string of the molecule is CC(=Nc1c(C)cc(O)cc1C)C1C=CC=N1.Cc1cc(C)c(N=CC2C=CC=N2)c(C)c1.[Ir-3].[Ir-3].[c-]1ccccc1-c1ccccn1.[c-]1ccccc1-c1ccccn1.[c-]1ccccc1-c1ccccn1.[c-]1ccccc1-c1ccccn1. The maximum atomic E-state index is 9.48. The van der Waals surface area contributed by atoms with Gasteiger partial charge in [-0.2, -0.15) is 0 Å². The Morgan fingerprint density at radius 1 is 0.446 bits per heavy atom. The number of aromatic hydroxyl groups is 1. The van der Waals surface area contributed by atoms with Crippen LogP contribution in [0.5, 0.6) is 5.75 Å². The summed E-state index contributed by atoms with van der Waals surface area (Å²) >= 11 is 0. The topological polar surface area (TPSA) is 121 Å². The number of pyridine rings is 4. The molecule has 2 unspecified atom stereocenters. The Kier molecular flexibility index (Phi) is 28.0. The average Bonchev–Trinajstić information content (AvgIpc) is 4.29. The van der Waals surface area contributed by atoms with Crippen molar-refractivity contribution in [1.29, 1.82) is 0 Å². The third kappa shape index (κ3) is 21.9. The van der Waals surface area contributed by atoms with Gasteiger partial charge in [-0.1, -0.05) is 78.4 Å². The molecule has 0 amide bonds. The van der Waals surface area contributed by atoms with Crippen LogP contribution in [0.25, 0.3) is 45.0 Å². The Balaban J connectivity index is 0.000000183. The van der Waals surface area contributed by atoms with Crippen molar-refractivity contribution in [3.63, 3.8) is 0 Å². The number of benzene rings is 6. The number of nitrogens with zero attached hydrogens (tertiary/aromatic N) is 8. The normalized spacial score (nSPS) is 13.1. The first kappa shape index (κ1) is 65.0. The molecule has 0 saturated heterocycles. The van der Waals surface area contributed by atoms with Gasteiger partial charge in [-0.25, -0.2) is 0 Å². The number of rotatable bonds is 8. The van der Waals surface area contributed by atoms with E-state index in [2.05, 4.69) is 97.1 Å². The number of aliphatic imine (C=N–C) groups is 4. The van der Waals surface area contributed by atoms with E-state index in [1.807, 2.05) is 227 Å². The number of allylic oxidation sites excluding steroid dienone is 2. The van der Waals surface area contributed by atoms with E-state index in [-0.39, 0.29) is 58.0 Å². The minimum Gasteiger partial charge on any atom is -3.00 e. The number of phenols is 1. The molecule has 12 rings (SSSR count). The average molecular weight is 1440 g/mol. The first-order valence-corrected chi connectivity index (χ1v) is 26.5. The Labute approximate surface area is 517 Å². The third-order valence-electron chi connectivity index (χ3n) is 12.1. The summed E-state index contributed by atoms with van der Waals surface area (Å²) in [5.41, 5.74) is 16.7. The Hall–Kier alpha value is -8.82. The van der Waals surface area contributed by atoms with Crippen LogP contribution in [0.3, 0.4) is 0 Å². The largest absolute Gasteiger partial charge is 3.00 e. The van der Waals surface area contributed by atoms with Crippen molar-refractivity contribution in [3.05, 3.63) is 295 Å². The number of hydrogen-bond donors (Lipinski definition) is 1.